The van der Waals surface area contributed by atoms with Crippen LogP contribution in [0.25, 0.3) is 0 Å². The van der Waals surface area contributed by atoms with E-state index in [4.69, 9.17) is 9.47 Å². The predicted octanol–water partition coefficient (Wildman–Crippen LogP) is 2.90. The van der Waals surface area contributed by atoms with Gasteiger partial charge in [0.05, 0.1) is 25.2 Å². The zero-order chi connectivity index (χ0) is 27.7. The van der Waals surface area contributed by atoms with Crippen LogP contribution >= 0.6 is 0 Å². The van der Waals surface area contributed by atoms with E-state index in [0.29, 0.717) is 33.0 Å². The number of carbonyl (C=O) groups excluding carboxylic acids is 3. The molecule has 2 aromatic carbocycles. The van der Waals surface area contributed by atoms with Crippen molar-refractivity contribution < 1.29 is 38.1 Å². The van der Waals surface area contributed by atoms with Crippen LogP contribution in [0, 0.1) is 11.7 Å². The lowest BCUT2D eigenvalue weighted by molar-refractivity contribution is -0.143. The minimum atomic E-state index is -1.56. The van der Waals surface area contributed by atoms with E-state index in [2.05, 4.69) is 10.6 Å². The van der Waals surface area contributed by atoms with Crippen molar-refractivity contribution in [3.8, 4) is 5.75 Å². The highest BCUT2D eigenvalue weighted by molar-refractivity contribution is 5.99. The van der Waals surface area contributed by atoms with Crippen LogP contribution in [0.5, 0.6) is 5.75 Å². The SMILES string of the molecule is CNC(=O)Nc1ccc2c(c1)COC[C@@H]2C(=O)N(CC(=O)N1Cc2cc(F)ccc2OC[C@H]1C1CC1)C(=O)O. The van der Waals surface area contributed by atoms with Crippen molar-refractivity contribution in [1.29, 1.82) is 0 Å². The highest BCUT2D eigenvalue weighted by Gasteiger charge is 2.42. The van der Waals surface area contributed by atoms with Crippen molar-refractivity contribution in [3.05, 3.63) is 58.9 Å². The van der Waals surface area contributed by atoms with Gasteiger partial charge in [-0.15, -0.1) is 0 Å². The van der Waals surface area contributed by atoms with Gasteiger partial charge in [0.1, 0.15) is 24.7 Å². The summed E-state index contributed by atoms with van der Waals surface area (Å²) in [6.07, 6.45) is 0.243. The molecule has 1 aliphatic carbocycles. The number of hydrogen-bond donors (Lipinski definition) is 3. The Bertz CT molecular complexity index is 1320. The fourth-order valence-electron chi connectivity index (χ4n) is 5.10. The van der Waals surface area contributed by atoms with Crippen LogP contribution in [0.4, 0.5) is 19.7 Å². The third-order valence-electron chi connectivity index (χ3n) is 7.29. The molecule has 206 valence electrons. The van der Waals surface area contributed by atoms with Crippen LogP contribution in [-0.2, 0) is 27.5 Å². The number of carbonyl (C=O) groups is 4. The van der Waals surface area contributed by atoms with Gasteiger partial charge in [0.15, 0.2) is 0 Å². The Morgan fingerprint density at radius 1 is 1.10 bits per heavy atom. The molecule has 2 atom stereocenters. The summed E-state index contributed by atoms with van der Waals surface area (Å²) >= 11 is 0. The smallest absolute Gasteiger partial charge is 0.414 e. The summed E-state index contributed by atoms with van der Waals surface area (Å²) in [5, 5.41) is 15.0. The molecular weight excluding hydrogens is 511 g/mol. The number of nitrogens with zero attached hydrogens (tertiary/aromatic N) is 2. The Labute approximate surface area is 223 Å². The lowest BCUT2D eigenvalue weighted by Crippen LogP contribution is -2.51. The highest BCUT2D eigenvalue weighted by Crippen LogP contribution is 2.39. The number of ether oxygens (including phenoxy) is 2. The van der Waals surface area contributed by atoms with Gasteiger partial charge in [-0.25, -0.2) is 18.9 Å². The first-order chi connectivity index (χ1) is 18.7. The minimum absolute atomic E-state index is 0.0469. The molecule has 0 spiro atoms. The summed E-state index contributed by atoms with van der Waals surface area (Å²) in [6, 6.07) is 8.30. The molecule has 5 amide bonds. The monoisotopic (exact) mass is 540 g/mol. The number of rotatable bonds is 5. The molecule has 1 fully saturated rings. The summed E-state index contributed by atoms with van der Waals surface area (Å²) < 4.78 is 25.4. The number of amides is 5. The van der Waals surface area contributed by atoms with Crippen LogP contribution in [0.15, 0.2) is 36.4 Å². The van der Waals surface area contributed by atoms with Crippen molar-refractivity contribution in [2.45, 2.75) is 38.0 Å². The van der Waals surface area contributed by atoms with Gasteiger partial charge in [0, 0.05) is 24.8 Å². The maximum atomic E-state index is 14.0. The van der Waals surface area contributed by atoms with Gasteiger partial charge in [0.2, 0.25) is 11.8 Å². The zero-order valence-electron chi connectivity index (χ0n) is 21.3. The molecular formula is C27H29FN4O7. The number of urea groups is 1. The van der Waals surface area contributed by atoms with Gasteiger partial charge in [-0.2, -0.15) is 0 Å². The number of anilines is 1. The van der Waals surface area contributed by atoms with E-state index in [1.807, 2.05) is 0 Å². The fraction of sp³-hybridized carbons (Fsp3) is 0.407. The average molecular weight is 541 g/mol. The molecule has 12 heteroatoms. The number of halogens is 1. The van der Waals surface area contributed by atoms with E-state index in [1.165, 1.54) is 30.1 Å². The number of imide groups is 1. The van der Waals surface area contributed by atoms with Crippen molar-refractivity contribution >= 4 is 29.6 Å². The fourth-order valence-corrected chi connectivity index (χ4v) is 5.10. The molecule has 0 saturated heterocycles. The summed E-state index contributed by atoms with van der Waals surface area (Å²) in [5.41, 5.74) is 2.16. The second-order valence-electron chi connectivity index (χ2n) is 9.88. The Kier molecular flexibility index (Phi) is 7.38. The molecule has 0 unspecified atom stereocenters. The van der Waals surface area contributed by atoms with Gasteiger partial charge < -0.3 is 30.1 Å². The molecule has 1 saturated carbocycles. The quantitative estimate of drug-likeness (QED) is 0.530. The van der Waals surface area contributed by atoms with Gasteiger partial charge in [-0.3, -0.25) is 9.59 Å². The number of benzene rings is 2. The normalized spacial score (nSPS) is 20.0. The Morgan fingerprint density at radius 2 is 1.90 bits per heavy atom. The van der Waals surface area contributed by atoms with Crippen LogP contribution in [-0.4, -0.2) is 71.7 Å². The molecule has 0 aromatic heterocycles. The lowest BCUT2D eigenvalue weighted by atomic mass is 9.91. The van der Waals surface area contributed by atoms with Gasteiger partial charge in [-0.05, 0) is 60.2 Å². The second kappa shape index (κ2) is 10.9. The van der Waals surface area contributed by atoms with Crippen LogP contribution in [0.2, 0.25) is 0 Å². The summed E-state index contributed by atoms with van der Waals surface area (Å²) in [4.78, 5) is 53.0. The molecule has 3 aliphatic rings. The van der Waals surface area contributed by atoms with Gasteiger partial charge in [0.25, 0.3) is 0 Å². The van der Waals surface area contributed by atoms with E-state index in [1.54, 1.807) is 18.2 Å². The predicted molar refractivity (Wildman–Crippen MR) is 136 cm³/mol. The largest absolute Gasteiger partial charge is 0.491 e. The number of nitrogens with one attached hydrogen (secondary N) is 2. The Hall–Kier alpha value is -4.19. The first-order valence-corrected chi connectivity index (χ1v) is 12.7. The topological polar surface area (TPSA) is 138 Å². The Balaban J connectivity index is 1.36. The molecule has 2 aliphatic heterocycles. The molecule has 0 radical (unpaired) electrons. The molecule has 2 heterocycles. The number of carboxylic acid groups (broad SMARTS) is 1. The van der Waals surface area contributed by atoms with E-state index in [9.17, 15) is 28.7 Å². The summed E-state index contributed by atoms with van der Waals surface area (Å²) in [7, 11) is 1.48. The molecule has 3 N–H and O–H groups in total. The standard InChI is InChI=1S/C27H29FN4O7/c1-29-26(35)30-19-5-6-20-17(9-19)12-38-13-21(20)25(34)32(27(36)37)11-24(33)31-10-16-8-18(28)4-7-23(16)39-14-22(31)15-2-3-15/h4-9,15,21-22H,2-3,10-14H2,1H3,(H,36,37)(H2,29,30,35)/t21-,22-/m0/s1. The van der Waals surface area contributed by atoms with Crippen molar-refractivity contribution in [2.75, 3.05) is 32.1 Å². The van der Waals surface area contributed by atoms with E-state index < -0.39 is 42.2 Å². The first kappa shape index (κ1) is 26.4. The van der Waals surface area contributed by atoms with Crippen LogP contribution in [0.1, 0.15) is 35.4 Å². The third kappa shape index (κ3) is 5.65. The first-order valence-electron chi connectivity index (χ1n) is 12.7. The van der Waals surface area contributed by atoms with E-state index in [0.717, 1.165) is 12.8 Å². The molecule has 5 rings (SSSR count). The molecule has 11 nitrogen and oxygen atoms in total. The number of hydrogen-bond acceptors (Lipinski definition) is 6. The van der Waals surface area contributed by atoms with Gasteiger partial charge >= 0.3 is 12.1 Å². The average Bonchev–Trinajstić information content (AvgIpc) is 3.77. The summed E-state index contributed by atoms with van der Waals surface area (Å²) in [5.74, 6) is -2.10. The van der Waals surface area contributed by atoms with Crippen LogP contribution < -0.4 is 15.4 Å². The van der Waals surface area contributed by atoms with Crippen molar-refractivity contribution in [1.82, 2.24) is 15.1 Å². The van der Waals surface area contributed by atoms with Crippen molar-refractivity contribution in [3.63, 3.8) is 0 Å². The highest BCUT2D eigenvalue weighted by atomic mass is 19.1. The molecule has 0 bridgehead atoms. The molecule has 39 heavy (non-hydrogen) atoms. The second-order valence-corrected chi connectivity index (χ2v) is 9.88. The maximum Gasteiger partial charge on any atom is 0.414 e. The number of fused-ring (bicyclic) bond motifs is 2. The van der Waals surface area contributed by atoms with Crippen molar-refractivity contribution in [2.24, 2.45) is 5.92 Å². The Morgan fingerprint density at radius 3 is 2.62 bits per heavy atom. The summed E-state index contributed by atoms with van der Waals surface area (Å²) in [6.45, 7) is -0.316. The van der Waals surface area contributed by atoms with E-state index in [-0.39, 0.29) is 38.3 Å². The van der Waals surface area contributed by atoms with E-state index >= 15 is 0 Å². The molecule has 2 aromatic rings. The third-order valence-corrected chi connectivity index (χ3v) is 7.29. The zero-order valence-corrected chi connectivity index (χ0v) is 21.3. The van der Waals surface area contributed by atoms with Gasteiger partial charge in [-0.1, -0.05) is 6.07 Å². The van der Waals surface area contributed by atoms with Crippen LogP contribution in [0.3, 0.4) is 0 Å². The lowest BCUT2D eigenvalue weighted by Gasteiger charge is -2.32. The maximum absolute atomic E-state index is 14.0. The minimum Gasteiger partial charge on any atom is -0.491 e.